The largest absolute Gasteiger partial charge is 0.469 e. The number of ether oxygens (including phenoxy) is 5. The lowest BCUT2D eigenvalue weighted by Crippen LogP contribution is -2.66. The van der Waals surface area contributed by atoms with Crippen LogP contribution >= 0.6 is 0 Å². The second kappa shape index (κ2) is 12.8. The Hall–Kier alpha value is -3.74. The lowest BCUT2D eigenvalue weighted by atomic mass is 9.43. The van der Waals surface area contributed by atoms with Gasteiger partial charge in [-0.15, -0.1) is 6.58 Å². The first-order chi connectivity index (χ1) is 21.5. The van der Waals surface area contributed by atoms with E-state index in [-0.39, 0.29) is 32.1 Å². The Balaban J connectivity index is 1.75. The molecule has 4 rings (SSSR count). The third kappa shape index (κ3) is 5.71. The predicted molar refractivity (Wildman–Crippen MR) is 153 cm³/mol. The number of carbonyl (C=O) groups is 5. The van der Waals surface area contributed by atoms with Gasteiger partial charge in [0.05, 0.1) is 18.9 Å². The molecule has 2 aliphatic carbocycles. The number of esters is 4. The third-order valence-corrected chi connectivity index (χ3v) is 10.2. The van der Waals surface area contributed by atoms with Crippen LogP contribution in [-0.2, 0) is 53.3 Å². The Bertz CT molecular complexity index is 1380. The number of ketones is 1. The molecule has 1 aromatic carbocycles. The first-order valence-corrected chi connectivity index (χ1v) is 15.0. The number of Topliss-reactive ketones (excluding diaryl/α,β-unsaturated/α-hetero) is 1. The van der Waals surface area contributed by atoms with Gasteiger partial charge in [-0.1, -0.05) is 50.3 Å². The fraction of sp³-hybridized carbons (Fsp3) is 0.606. The maximum absolute atomic E-state index is 14.6. The summed E-state index contributed by atoms with van der Waals surface area (Å²) in [6.45, 7) is 8.21. The van der Waals surface area contributed by atoms with Gasteiger partial charge < -0.3 is 23.7 Å². The van der Waals surface area contributed by atoms with Gasteiger partial charge in [-0.3, -0.25) is 19.2 Å². The number of methoxy groups -OCH3 is 2. The van der Waals surface area contributed by atoms with Crippen molar-refractivity contribution in [2.24, 2.45) is 28.6 Å². The van der Waals surface area contributed by atoms with Crippen molar-refractivity contribution in [1.29, 1.82) is 0 Å². The second-order valence-corrected chi connectivity index (χ2v) is 12.7. The van der Waals surface area contributed by atoms with Crippen LogP contribution in [0.15, 0.2) is 43.0 Å². The van der Waals surface area contributed by atoms with E-state index in [9.17, 15) is 37.1 Å². The molecular formula is C33H39F3O10. The van der Waals surface area contributed by atoms with Crippen molar-refractivity contribution in [3.05, 3.63) is 48.6 Å². The monoisotopic (exact) mass is 652 g/mol. The van der Waals surface area contributed by atoms with Crippen molar-refractivity contribution >= 4 is 29.7 Å². The maximum atomic E-state index is 14.6. The molecule has 9 atom stereocenters. The van der Waals surface area contributed by atoms with E-state index in [1.165, 1.54) is 31.4 Å². The zero-order valence-corrected chi connectivity index (χ0v) is 26.4. The van der Waals surface area contributed by atoms with Crippen molar-refractivity contribution in [3.8, 4) is 0 Å². The smallest absolute Gasteiger partial charge is 0.432 e. The number of rotatable bonds is 9. The van der Waals surface area contributed by atoms with E-state index in [0.29, 0.717) is 0 Å². The van der Waals surface area contributed by atoms with Crippen LogP contribution in [0.5, 0.6) is 0 Å². The van der Waals surface area contributed by atoms with E-state index in [0.717, 1.165) is 26.2 Å². The van der Waals surface area contributed by atoms with Gasteiger partial charge >= 0.3 is 30.1 Å². The van der Waals surface area contributed by atoms with Gasteiger partial charge in [-0.25, -0.2) is 4.79 Å². The summed E-state index contributed by atoms with van der Waals surface area (Å²) < 4.78 is 70.4. The van der Waals surface area contributed by atoms with E-state index < -0.39 is 93.9 Å². The highest BCUT2D eigenvalue weighted by Crippen LogP contribution is 2.64. The average molecular weight is 653 g/mol. The molecule has 2 saturated carbocycles. The molecule has 1 aromatic rings. The molecule has 13 heteroatoms. The lowest BCUT2D eigenvalue weighted by molar-refractivity contribution is -0.281. The third-order valence-electron chi connectivity index (χ3n) is 10.2. The molecule has 0 amide bonds. The van der Waals surface area contributed by atoms with E-state index in [1.807, 2.05) is 0 Å². The number of benzene rings is 1. The Morgan fingerprint density at radius 1 is 1.11 bits per heavy atom. The van der Waals surface area contributed by atoms with Crippen molar-refractivity contribution in [3.63, 3.8) is 0 Å². The highest BCUT2D eigenvalue weighted by Gasteiger charge is 2.69. The highest BCUT2D eigenvalue weighted by atomic mass is 19.4. The molecular weight excluding hydrogens is 613 g/mol. The van der Waals surface area contributed by atoms with E-state index in [2.05, 4.69) is 6.58 Å². The molecule has 1 heterocycles. The summed E-state index contributed by atoms with van der Waals surface area (Å²) in [6.07, 6.45) is -7.84. The Morgan fingerprint density at radius 2 is 1.76 bits per heavy atom. The summed E-state index contributed by atoms with van der Waals surface area (Å²) in [6, 6.07) is 6.29. The minimum atomic E-state index is -5.24. The number of alkyl halides is 3. The highest BCUT2D eigenvalue weighted by molar-refractivity contribution is 5.93. The summed E-state index contributed by atoms with van der Waals surface area (Å²) in [4.78, 5) is 66.3. The van der Waals surface area contributed by atoms with Gasteiger partial charge in [0.1, 0.15) is 12.2 Å². The van der Waals surface area contributed by atoms with E-state index >= 15 is 0 Å². The molecule has 0 aromatic heterocycles. The fourth-order valence-electron chi connectivity index (χ4n) is 8.12. The standard InChI is InChI=1S/C33H39F3O10/c1-7-11-22(46-29(41)32(43-6,33(34,35)36)19-12-9-8-10-13-19)24-17-31(4)20(28(40)45-24)14-15-30(3)21(27(39)42-5)16-23(44-18(2)37)25(38)26(30)31/h7-10,12-13,20-24,26H,1,11,14-17H2,2-6H3/t20-,21-,22-,23-,24-,26-,30-,31-,32+/m0/s1. The predicted octanol–water partition coefficient (Wildman–Crippen LogP) is 4.63. The summed E-state index contributed by atoms with van der Waals surface area (Å²) in [5.41, 5.74) is -6.26. The van der Waals surface area contributed by atoms with Crippen LogP contribution in [0.1, 0.15) is 58.4 Å². The zero-order valence-electron chi connectivity index (χ0n) is 26.4. The van der Waals surface area contributed by atoms with Crippen LogP contribution < -0.4 is 0 Å². The van der Waals surface area contributed by atoms with E-state index in [4.69, 9.17) is 23.7 Å². The Labute approximate surface area is 264 Å². The quantitative estimate of drug-likeness (QED) is 0.211. The van der Waals surface area contributed by atoms with Crippen molar-refractivity contribution in [1.82, 2.24) is 0 Å². The molecule has 0 unspecified atom stereocenters. The van der Waals surface area contributed by atoms with Gasteiger partial charge in [0, 0.05) is 38.4 Å². The number of halogens is 3. The summed E-state index contributed by atoms with van der Waals surface area (Å²) in [5.74, 6) is -7.02. The Kier molecular flexibility index (Phi) is 9.78. The number of fused-ring (bicyclic) bond motifs is 3. The van der Waals surface area contributed by atoms with Crippen molar-refractivity contribution < 1.29 is 60.8 Å². The SMILES string of the molecule is C=CC[C@H](OC(=O)[C@](OC)(c1ccccc1)C(F)(F)F)[C@@H]1C[C@]2(C)[C@H]3C(=O)[C@@H](OC(C)=O)C[C@@H](C(=O)OC)[C@]3(C)CC[C@H]2C(=O)O1. The van der Waals surface area contributed by atoms with Crippen LogP contribution in [0.2, 0.25) is 0 Å². The molecule has 0 N–H and O–H groups in total. The summed E-state index contributed by atoms with van der Waals surface area (Å²) in [7, 11) is 1.95. The van der Waals surface area contributed by atoms with Crippen molar-refractivity contribution in [2.75, 3.05) is 14.2 Å². The van der Waals surface area contributed by atoms with Gasteiger partial charge in [0.15, 0.2) is 11.9 Å². The Morgan fingerprint density at radius 3 is 2.30 bits per heavy atom. The molecule has 1 aliphatic heterocycles. The van der Waals surface area contributed by atoms with Gasteiger partial charge in [0.25, 0.3) is 5.60 Å². The maximum Gasteiger partial charge on any atom is 0.432 e. The molecule has 3 aliphatic rings. The molecule has 3 fully saturated rings. The first kappa shape index (κ1) is 35.1. The van der Waals surface area contributed by atoms with Crippen LogP contribution in [0.4, 0.5) is 13.2 Å². The van der Waals surface area contributed by atoms with Crippen LogP contribution in [0.25, 0.3) is 0 Å². The summed E-state index contributed by atoms with van der Waals surface area (Å²) >= 11 is 0. The van der Waals surface area contributed by atoms with Crippen LogP contribution in [-0.4, -0.2) is 68.4 Å². The van der Waals surface area contributed by atoms with Gasteiger partial charge in [-0.05, 0) is 30.1 Å². The second-order valence-electron chi connectivity index (χ2n) is 12.7. The van der Waals surface area contributed by atoms with Crippen LogP contribution in [0.3, 0.4) is 0 Å². The number of hydrogen-bond donors (Lipinski definition) is 0. The minimum Gasteiger partial charge on any atom is -0.469 e. The molecule has 1 saturated heterocycles. The molecule has 252 valence electrons. The molecule has 46 heavy (non-hydrogen) atoms. The molecule has 0 radical (unpaired) electrons. The molecule has 0 bridgehead atoms. The van der Waals surface area contributed by atoms with Gasteiger partial charge in [0.2, 0.25) is 0 Å². The fourth-order valence-corrected chi connectivity index (χ4v) is 8.12. The first-order valence-electron chi connectivity index (χ1n) is 15.0. The minimum absolute atomic E-state index is 0.0978. The number of cyclic esters (lactones) is 1. The lowest BCUT2D eigenvalue weighted by Gasteiger charge is -2.61. The molecule has 0 spiro atoms. The topological polar surface area (TPSA) is 132 Å². The van der Waals surface area contributed by atoms with Crippen LogP contribution in [0, 0.1) is 28.6 Å². The normalized spacial score (nSPS) is 32.8. The number of carbonyl (C=O) groups excluding carboxylic acids is 5. The van der Waals surface area contributed by atoms with E-state index in [1.54, 1.807) is 13.8 Å². The summed E-state index contributed by atoms with van der Waals surface area (Å²) in [5, 5.41) is 0. The van der Waals surface area contributed by atoms with Crippen molar-refractivity contribution in [2.45, 2.75) is 83.0 Å². The number of hydrogen-bond acceptors (Lipinski definition) is 10. The zero-order chi connectivity index (χ0) is 34.2. The average Bonchev–Trinajstić information content (AvgIpc) is 2.97. The van der Waals surface area contributed by atoms with Gasteiger partial charge in [-0.2, -0.15) is 13.2 Å². The molecule has 10 nitrogen and oxygen atoms in total.